The highest BCUT2D eigenvalue weighted by Gasteiger charge is 2.32. The molecule has 128 valence electrons. The van der Waals surface area contributed by atoms with E-state index in [9.17, 15) is 13.2 Å². The summed E-state index contributed by atoms with van der Waals surface area (Å²) in [7, 11) is -1.76. The highest BCUT2D eigenvalue weighted by atomic mass is 32.2. The summed E-state index contributed by atoms with van der Waals surface area (Å²) in [5, 5.41) is 4.47. The van der Waals surface area contributed by atoms with Crippen molar-refractivity contribution in [2.24, 2.45) is 0 Å². The third-order valence-corrected chi connectivity index (χ3v) is 7.24. The molecular weight excluding hydrogens is 344 g/mol. The zero-order chi connectivity index (χ0) is 17.2. The first kappa shape index (κ1) is 17.1. The minimum Gasteiger partial charge on any atom is -0.359 e. The highest BCUT2D eigenvalue weighted by molar-refractivity contribution is 7.90. The minimum atomic E-state index is -3.33. The van der Waals surface area contributed by atoms with Gasteiger partial charge in [0.2, 0.25) is 5.91 Å². The Balaban J connectivity index is 1.79. The van der Waals surface area contributed by atoms with E-state index in [1.807, 2.05) is 24.3 Å². The van der Waals surface area contributed by atoms with Crippen LogP contribution in [0.25, 0.3) is 0 Å². The van der Waals surface area contributed by atoms with Gasteiger partial charge in [-0.2, -0.15) is 0 Å². The van der Waals surface area contributed by atoms with Gasteiger partial charge in [0, 0.05) is 12.4 Å². The Morgan fingerprint density at radius 1 is 1.38 bits per heavy atom. The number of benzene rings is 1. The second kappa shape index (κ2) is 7.03. The summed E-state index contributed by atoms with van der Waals surface area (Å²) in [6.07, 6.45) is 2.68. The molecule has 1 aliphatic carbocycles. The zero-order valence-corrected chi connectivity index (χ0v) is 15.1. The van der Waals surface area contributed by atoms with Crippen molar-refractivity contribution in [2.45, 2.75) is 36.7 Å². The molecule has 0 saturated heterocycles. The van der Waals surface area contributed by atoms with Gasteiger partial charge in [-0.1, -0.05) is 24.3 Å². The van der Waals surface area contributed by atoms with E-state index in [-0.39, 0.29) is 18.1 Å². The molecule has 1 aromatic carbocycles. The van der Waals surface area contributed by atoms with Crippen LogP contribution in [0.15, 0.2) is 29.6 Å². The first-order chi connectivity index (χ1) is 11.5. The second-order valence-corrected chi connectivity index (χ2v) is 9.10. The molecule has 0 spiro atoms. The lowest BCUT2D eigenvalue weighted by Gasteiger charge is -2.25. The SMILES string of the molecule is CNC(=O)Cc1nc(CS(=O)(=O)[C@@H]2CCCc3ccccc32)cs1. The Kier molecular flexibility index (Phi) is 5.01. The summed E-state index contributed by atoms with van der Waals surface area (Å²) in [5.41, 5.74) is 2.60. The molecule has 24 heavy (non-hydrogen) atoms. The van der Waals surface area contributed by atoms with Crippen molar-refractivity contribution in [1.82, 2.24) is 10.3 Å². The zero-order valence-electron chi connectivity index (χ0n) is 13.5. The van der Waals surface area contributed by atoms with Crippen molar-refractivity contribution in [3.8, 4) is 0 Å². The van der Waals surface area contributed by atoms with Crippen molar-refractivity contribution in [3.63, 3.8) is 0 Å². The number of hydrogen-bond donors (Lipinski definition) is 1. The summed E-state index contributed by atoms with van der Waals surface area (Å²) < 4.78 is 25.8. The van der Waals surface area contributed by atoms with E-state index in [2.05, 4.69) is 10.3 Å². The first-order valence-corrected chi connectivity index (χ1v) is 10.5. The fraction of sp³-hybridized carbons (Fsp3) is 0.412. The lowest BCUT2D eigenvalue weighted by molar-refractivity contribution is -0.119. The molecule has 1 aliphatic rings. The number of carbonyl (C=O) groups excluding carboxylic acids is 1. The van der Waals surface area contributed by atoms with Gasteiger partial charge < -0.3 is 5.32 Å². The molecule has 0 fully saturated rings. The number of nitrogens with zero attached hydrogens (tertiary/aromatic N) is 1. The van der Waals surface area contributed by atoms with Crippen molar-refractivity contribution < 1.29 is 13.2 Å². The smallest absolute Gasteiger partial charge is 0.226 e. The summed E-state index contributed by atoms with van der Waals surface area (Å²) in [6.45, 7) is 0. The summed E-state index contributed by atoms with van der Waals surface area (Å²) in [5.74, 6) is -0.198. The largest absolute Gasteiger partial charge is 0.359 e. The maximum absolute atomic E-state index is 12.9. The van der Waals surface area contributed by atoms with Crippen LogP contribution in [0.3, 0.4) is 0 Å². The normalized spacial score (nSPS) is 17.3. The Morgan fingerprint density at radius 2 is 2.17 bits per heavy atom. The molecule has 1 amide bonds. The fourth-order valence-electron chi connectivity index (χ4n) is 3.11. The van der Waals surface area contributed by atoms with Gasteiger partial charge in [0.15, 0.2) is 9.84 Å². The predicted octanol–water partition coefficient (Wildman–Crippen LogP) is 2.42. The molecular formula is C17H20N2O3S2. The van der Waals surface area contributed by atoms with Crippen molar-refractivity contribution >= 4 is 27.1 Å². The van der Waals surface area contributed by atoms with Gasteiger partial charge in [-0.3, -0.25) is 4.79 Å². The molecule has 0 unspecified atom stereocenters. The van der Waals surface area contributed by atoms with Crippen LogP contribution in [0.1, 0.15) is 39.9 Å². The van der Waals surface area contributed by atoms with E-state index < -0.39 is 15.1 Å². The minimum absolute atomic E-state index is 0.0732. The summed E-state index contributed by atoms with van der Waals surface area (Å²) in [6, 6.07) is 7.80. The molecule has 0 bridgehead atoms. The second-order valence-electron chi connectivity index (χ2n) is 5.97. The van der Waals surface area contributed by atoms with E-state index >= 15 is 0 Å². The van der Waals surface area contributed by atoms with Crippen LogP contribution in [0.5, 0.6) is 0 Å². The monoisotopic (exact) mass is 364 g/mol. The van der Waals surface area contributed by atoms with E-state index in [0.29, 0.717) is 17.1 Å². The number of nitrogens with one attached hydrogen (secondary N) is 1. The van der Waals surface area contributed by atoms with E-state index in [1.165, 1.54) is 11.3 Å². The predicted molar refractivity (Wildman–Crippen MR) is 94.6 cm³/mol. The number of amides is 1. The molecule has 1 heterocycles. The van der Waals surface area contributed by atoms with Gasteiger partial charge in [0.25, 0.3) is 0 Å². The quantitative estimate of drug-likeness (QED) is 0.884. The third kappa shape index (κ3) is 3.67. The maximum atomic E-state index is 12.9. The number of carbonyl (C=O) groups is 1. The van der Waals surface area contributed by atoms with Crippen LogP contribution >= 0.6 is 11.3 Å². The van der Waals surface area contributed by atoms with Crippen molar-refractivity contribution in [1.29, 1.82) is 0 Å². The van der Waals surface area contributed by atoms with Crippen molar-refractivity contribution in [3.05, 3.63) is 51.5 Å². The number of aromatic nitrogens is 1. The number of sulfone groups is 1. The number of aryl methyl sites for hydroxylation is 1. The molecule has 2 aromatic rings. The van der Waals surface area contributed by atoms with Gasteiger partial charge in [0.1, 0.15) is 5.01 Å². The Labute approximate surface area is 146 Å². The topological polar surface area (TPSA) is 76.1 Å². The lowest BCUT2D eigenvalue weighted by atomic mass is 9.91. The van der Waals surface area contributed by atoms with Crippen LogP contribution in [0.4, 0.5) is 0 Å². The number of hydrogen-bond acceptors (Lipinski definition) is 5. The summed E-state index contributed by atoms with van der Waals surface area (Å²) >= 11 is 1.33. The van der Waals surface area contributed by atoms with Gasteiger partial charge in [0.05, 0.1) is 23.1 Å². The first-order valence-electron chi connectivity index (χ1n) is 7.93. The van der Waals surface area contributed by atoms with Gasteiger partial charge >= 0.3 is 0 Å². The van der Waals surface area contributed by atoms with Gasteiger partial charge in [-0.15, -0.1) is 11.3 Å². The average molecular weight is 364 g/mol. The molecule has 1 aromatic heterocycles. The van der Waals surface area contributed by atoms with Crippen LogP contribution in [-0.2, 0) is 33.2 Å². The van der Waals surface area contributed by atoms with Crippen LogP contribution < -0.4 is 5.32 Å². The van der Waals surface area contributed by atoms with Gasteiger partial charge in [-0.05, 0) is 30.4 Å². The van der Waals surface area contributed by atoms with E-state index in [0.717, 1.165) is 24.0 Å². The lowest BCUT2D eigenvalue weighted by Crippen LogP contribution is -2.21. The van der Waals surface area contributed by atoms with Crippen LogP contribution in [0, 0.1) is 0 Å². The molecule has 5 nitrogen and oxygen atoms in total. The fourth-order valence-corrected chi connectivity index (χ4v) is 5.91. The number of rotatable bonds is 5. The van der Waals surface area contributed by atoms with E-state index in [4.69, 9.17) is 0 Å². The molecule has 0 aliphatic heterocycles. The molecule has 0 saturated carbocycles. The number of thiazole rings is 1. The molecule has 1 N–H and O–H groups in total. The Morgan fingerprint density at radius 3 is 2.96 bits per heavy atom. The maximum Gasteiger partial charge on any atom is 0.226 e. The molecule has 7 heteroatoms. The number of likely N-dealkylation sites (N-methyl/N-ethyl adjacent to an activating group) is 1. The highest BCUT2D eigenvalue weighted by Crippen LogP contribution is 2.37. The average Bonchev–Trinajstić information content (AvgIpc) is 3.00. The van der Waals surface area contributed by atoms with Crippen LogP contribution in [0.2, 0.25) is 0 Å². The summed E-state index contributed by atoms with van der Waals surface area (Å²) in [4.78, 5) is 15.7. The van der Waals surface area contributed by atoms with Crippen LogP contribution in [-0.4, -0.2) is 26.4 Å². The number of fused-ring (bicyclic) bond motifs is 1. The van der Waals surface area contributed by atoms with Gasteiger partial charge in [-0.25, -0.2) is 13.4 Å². The standard InChI is InChI=1S/C17H20N2O3S2/c1-18-16(20)9-17-19-13(10-23-17)11-24(21,22)15-8-4-6-12-5-2-3-7-14(12)15/h2-3,5,7,10,15H,4,6,8-9,11H2,1H3,(H,18,20)/t15-/m1/s1. The van der Waals surface area contributed by atoms with E-state index in [1.54, 1.807) is 12.4 Å². The van der Waals surface area contributed by atoms with Crippen molar-refractivity contribution in [2.75, 3.05) is 7.05 Å². The Hall–Kier alpha value is -1.73. The molecule has 1 atom stereocenters. The Bertz CT molecular complexity index is 843. The molecule has 3 rings (SSSR count). The molecule has 0 radical (unpaired) electrons. The third-order valence-electron chi connectivity index (χ3n) is 4.29.